The highest BCUT2D eigenvalue weighted by molar-refractivity contribution is 5.87. The first-order chi connectivity index (χ1) is 25.3. The summed E-state index contributed by atoms with van der Waals surface area (Å²) in [6.45, 7) is 0. The fraction of sp³-hybridized carbons (Fsp3) is 0.250. The third-order valence-corrected chi connectivity index (χ3v) is 10.6. The Bertz CT molecular complexity index is 2170. The minimum Gasteiger partial charge on any atom is -0.504 e. The Balaban J connectivity index is 1.25. The molecular weight excluding hydrogens is 652 g/mol. The second-order valence-corrected chi connectivity index (χ2v) is 13.7. The summed E-state index contributed by atoms with van der Waals surface area (Å²) in [4.78, 5) is 20.5. The van der Waals surface area contributed by atoms with E-state index in [0.717, 1.165) is 44.2 Å². The van der Waals surface area contributed by atoms with Crippen LogP contribution in [0.4, 0.5) is 0 Å². The van der Waals surface area contributed by atoms with E-state index in [4.69, 9.17) is 9.47 Å². The van der Waals surface area contributed by atoms with Gasteiger partial charge in [0.2, 0.25) is 0 Å². The van der Waals surface area contributed by atoms with E-state index >= 15 is 0 Å². The number of H-pyrrole nitrogens is 2. The number of aromatic hydroxyl groups is 2. The maximum Gasteiger partial charge on any atom is 0.164 e. The number of aliphatic hydroxyl groups excluding tert-OH is 1. The molecule has 0 unspecified atom stereocenters. The molecule has 0 bridgehead atoms. The predicted octanol–water partition coefficient (Wildman–Crippen LogP) is 7.99. The van der Waals surface area contributed by atoms with E-state index in [0.29, 0.717) is 30.8 Å². The van der Waals surface area contributed by atoms with E-state index in [2.05, 4.69) is 52.5 Å². The molecule has 0 radical (unpaired) electrons. The van der Waals surface area contributed by atoms with Gasteiger partial charge in [-0.3, -0.25) is 4.79 Å². The van der Waals surface area contributed by atoms with E-state index < -0.39 is 12.0 Å². The van der Waals surface area contributed by atoms with Gasteiger partial charge in [-0.25, -0.2) is 0 Å². The molecule has 1 aliphatic rings. The van der Waals surface area contributed by atoms with Crippen molar-refractivity contribution in [1.29, 1.82) is 0 Å². The molecule has 7 rings (SSSR count). The van der Waals surface area contributed by atoms with Gasteiger partial charge in [0.1, 0.15) is 5.78 Å². The molecule has 0 saturated heterocycles. The van der Waals surface area contributed by atoms with Crippen LogP contribution in [0.3, 0.4) is 0 Å². The fourth-order valence-electron chi connectivity index (χ4n) is 8.00. The number of aromatic nitrogens is 2. The smallest absolute Gasteiger partial charge is 0.164 e. The average Bonchev–Trinajstić information content (AvgIpc) is 3.89. The van der Waals surface area contributed by atoms with E-state index in [1.807, 2.05) is 55.1 Å². The summed E-state index contributed by atoms with van der Waals surface area (Å²) in [6.07, 6.45) is 12.3. The molecule has 2 aromatic heterocycles. The molecule has 0 saturated carbocycles. The number of phenols is 2. The zero-order chi connectivity index (χ0) is 36.2. The van der Waals surface area contributed by atoms with Gasteiger partial charge in [0.15, 0.2) is 23.0 Å². The van der Waals surface area contributed by atoms with E-state index in [1.54, 1.807) is 31.4 Å². The van der Waals surface area contributed by atoms with Gasteiger partial charge in [0.25, 0.3) is 0 Å². The number of hydrogen-bond acceptors (Lipinski definition) is 6. The summed E-state index contributed by atoms with van der Waals surface area (Å²) in [5.41, 5.74) is 5.77. The molecule has 52 heavy (non-hydrogen) atoms. The maximum absolute atomic E-state index is 14.3. The van der Waals surface area contributed by atoms with Crippen LogP contribution in [-0.4, -0.2) is 51.4 Å². The van der Waals surface area contributed by atoms with Crippen molar-refractivity contribution < 1.29 is 29.6 Å². The Morgan fingerprint density at radius 2 is 1.46 bits per heavy atom. The number of rotatable bonds is 14. The molecule has 0 amide bonds. The molecule has 5 N–H and O–H groups in total. The number of carbonyl (C=O) groups is 1. The third kappa shape index (κ3) is 7.07. The zero-order valence-electron chi connectivity index (χ0n) is 29.3. The number of carbonyl (C=O) groups excluding carboxylic acids is 1. The molecule has 1 aliphatic carbocycles. The predicted molar refractivity (Wildman–Crippen MR) is 202 cm³/mol. The fourth-order valence-corrected chi connectivity index (χ4v) is 8.00. The second-order valence-electron chi connectivity index (χ2n) is 13.7. The monoisotopic (exact) mass is 696 g/mol. The molecule has 5 atom stereocenters. The number of allylic oxidation sites excluding steroid dienone is 2. The van der Waals surface area contributed by atoms with Gasteiger partial charge in [-0.1, -0.05) is 66.7 Å². The van der Waals surface area contributed by atoms with Crippen LogP contribution in [0.5, 0.6) is 23.0 Å². The minimum absolute atomic E-state index is 0.0382. The van der Waals surface area contributed by atoms with Crippen molar-refractivity contribution in [3.05, 3.63) is 155 Å². The van der Waals surface area contributed by atoms with Crippen molar-refractivity contribution in [3.8, 4) is 23.0 Å². The molecule has 4 aromatic carbocycles. The SMILES string of the molecule is COc1cc(C[C@@H](Cc2cc[nH]c2)C(=O)C[C@@H](O)[C@H](Cc2cc[nH]c2)[C@H]2C=C[C@H](c3cccc4ccccc34)c3c2ccc(O)c3OC)ccc1O. The molecular formula is C44H44N2O6. The maximum atomic E-state index is 14.3. The topological polar surface area (TPSA) is 128 Å². The lowest BCUT2D eigenvalue weighted by atomic mass is 9.69. The summed E-state index contributed by atoms with van der Waals surface area (Å²) in [5, 5.41) is 35.7. The lowest BCUT2D eigenvalue weighted by molar-refractivity contribution is -0.125. The number of methoxy groups -OCH3 is 2. The molecule has 2 heterocycles. The summed E-state index contributed by atoms with van der Waals surface area (Å²) < 4.78 is 11.2. The first kappa shape index (κ1) is 34.7. The number of ketones is 1. The first-order valence-corrected chi connectivity index (χ1v) is 17.7. The largest absolute Gasteiger partial charge is 0.504 e. The van der Waals surface area contributed by atoms with Crippen molar-refractivity contribution in [2.45, 2.75) is 43.6 Å². The van der Waals surface area contributed by atoms with Crippen molar-refractivity contribution in [2.75, 3.05) is 14.2 Å². The molecule has 0 fully saturated rings. The van der Waals surface area contributed by atoms with Gasteiger partial charge in [0, 0.05) is 54.5 Å². The highest BCUT2D eigenvalue weighted by atomic mass is 16.5. The molecule has 0 spiro atoms. The normalized spacial score (nSPS) is 17.0. The standard InChI is InChI=1S/C44H44N2O6/c1-51-42-23-27(10-14-38(42)47)20-31(21-28-16-18-45-25-28)40(49)24-41(50)37(22-29-17-19-46-26-29)34-11-12-35(43-36(34)13-15-39(48)44(43)52-2)33-9-5-7-30-6-3-4-8-32(30)33/h3-19,23,25-26,31,34-35,37,41,45-48,50H,20-22,24H2,1-2H3/t31-,34-,35+,37+,41+/m0/s1. The number of aliphatic hydroxyl groups is 1. The molecule has 0 aliphatic heterocycles. The number of fused-ring (bicyclic) bond motifs is 2. The van der Waals surface area contributed by atoms with Gasteiger partial charge in [-0.05, 0) is 94.1 Å². The van der Waals surface area contributed by atoms with Crippen molar-refractivity contribution in [2.24, 2.45) is 11.8 Å². The third-order valence-electron chi connectivity index (χ3n) is 10.6. The van der Waals surface area contributed by atoms with Crippen molar-refractivity contribution >= 4 is 16.6 Å². The highest BCUT2D eigenvalue weighted by Crippen LogP contribution is 2.50. The van der Waals surface area contributed by atoms with Crippen LogP contribution in [0.1, 0.15) is 51.6 Å². The second kappa shape index (κ2) is 15.3. The molecule has 266 valence electrons. The molecule has 6 aromatic rings. The Morgan fingerprint density at radius 1 is 0.750 bits per heavy atom. The van der Waals surface area contributed by atoms with Crippen LogP contribution in [-0.2, 0) is 24.1 Å². The number of ether oxygens (including phenoxy) is 2. The Hall–Kier alpha value is -5.73. The summed E-state index contributed by atoms with van der Waals surface area (Å²) in [7, 11) is 3.07. The summed E-state index contributed by atoms with van der Waals surface area (Å²) >= 11 is 0. The van der Waals surface area contributed by atoms with Gasteiger partial charge < -0.3 is 34.8 Å². The van der Waals surface area contributed by atoms with Crippen molar-refractivity contribution in [1.82, 2.24) is 9.97 Å². The minimum atomic E-state index is -0.984. The van der Waals surface area contributed by atoms with Crippen LogP contribution < -0.4 is 9.47 Å². The average molecular weight is 697 g/mol. The zero-order valence-corrected chi connectivity index (χ0v) is 29.3. The Kier molecular flexibility index (Phi) is 10.2. The Labute approximate surface area is 303 Å². The van der Waals surface area contributed by atoms with E-state index in [9.17, 15) is 20.1 Å². The quantitative estimate of drug-likeness (QED) is 0.0735. The lowest BCUT2D eigenvalue weighted by Gasteiger charge is -2.36. The van der Waals surface area contributed by atoms with Crippen LogP contribution in [0, 0.1) is 11.8 Å². The highest BCUT2D eigenvalue weighted by Gasteiger charge is 2.37. The molecule has 8 heteroatoms. The number of hydrogen-bond donors (Lipinski definition) is 5. The lowest BCUT2D eigenvalue weighted by Crippen LogP contribution is -2.34. The first-order valence-electron chi connectivity index (χ1n) is 17.7. The molecule has 8 nitrogen and oxygen atoms in total. The van der Waals surface area contributed by atoms with Gasteiger partial charge in [-0.2, -0.15) is 0 Å². The van der Waals surface area contributed by atoms with Crippen LogP contribution >= 0.6 is 0 Å². The van der Waals surface area contributed by atoms with Gasteiger partial charge >= 0.3 is 0 Å². The number of benzene rings is 4. The van der Waals surface area contributed by atoms with E-state index in [1.165, 1.54) is 7.11 Å². The van der Waals surface area contributed by atoms with Gasteiger partial charge in [0.05, 0.1) is 20.3 Å². The van der Waals surface area contributed by atoms with Gasteiger partial charge in [-0.15, -0.1) is 0 Å². The van der Waals surface area contributed by atoms with Crippen molar-refractivity contribution in [3.63, 3.8) is 0 Å². The summed E-state index contributed by atoms with van der Waals surface area (Å²) in [5.74, 6) is -0.481. The number of aromatic amines is 2. The van der Waals surface area contributed by atoms with Crippen LogP contribution in [0.15, 0.2) is 122 Å². The Morgan fingerprint density at radius 3 is 2.19 bits per heavy atom. The van der Waals surface area contributed by atoms with Crippen LogP contribution in [0.2, 0.25) is 0 Å². The number of phenolic OH excluding ortho intramolecular Hbond substituents is 2. The number of nitrogens with one attached hydrogen (secondary N) is 2. The number of Topliss-reactive ketones (excluding diaryl/α,β-unsaturated/α-hetero) is 1. The van der Waals surface area contributed by atoms with Crippen LogP contribution in [0.25, 0.3) is 10.8 Å². The summed E-state index contributed by atoms with van der Waals surface area (Å²) in [6, 6.07) is 27.2. The van der Waals surface area contributed by atoms with E-state index in [-0.39, 0.29) is 41.5 Å².